The number of benzene rings is 5. The largest absolute Gasteiger partial charge is 0.256 e. The molecule has 0 saturated heterocycles. The number of fused-ring (bicyclic) bond motifs is 6. The van der Waals surface area contributed by atoms with Crippen molar-refractivity contribution in [2.75, 3.05) is 0 Å². The molecule has 1 heterocycles. The Morgan fingerprint density at radius 3 is 2.08 bits per heavy atom. The van der Waals surface area contributed by atoms with E-state index in [1.807, 2.05) is 6.20 Å². The normalized spacial score (nSPS) is 12.2. The molecule has 1 aromatic heterocycles. The molecule has 0 fully saturated rings. The fourth-order valence-corrected chi connectivity index (χ4v) is 4.61. The summed E-state index contributed by atoms with van der Waals surface area (Å²) in [6.07, 6.45) is 3.01. The van der Waals surface area contributed by atoms with Crippen LogP contribution in [0.2, 0.25) is 0 Å². The SMILES string of the molecule is CCc1ccc2c(c1)c1cccc3c4ccccc4c4ccnc2c4c31. The molecule has 1 nitrogen and oxygen atoms in total. The van der Waals surface area contributed by atoms with E-state index in [1.165, 1.54) is 54.0 Å². The van der Waals surface area contributed by atoms with Crippen molar-refractivity contribution in [3.8, 4) is 0 Å². The molecule has 0 N–H and O–H groups in total. The first-order valence-corrected chi connectivity index (χ1v) is 9.22. The van der Waals surface area contributed by atoms with Gasteiger partial charge in [0.05, 0.1) is 5.52 Å². The van der Waals surface area contributed by atoms with Gasteiger partial charge in [-0.15, -0.1) is 0 Å². The van der Waals surface area contributed by atoms with E-state index >= 15 is 0 Å². The Kier molecular flexibility index (Phi) is 2.66. The minimum absolute atomic E-state index is 1.05. The molecule has 1 heteroatoms. The molecule has 0 aliphatic heterocycles. The van der Waals surface area contributed by atoms with Gasteiger partial charge in [0.2, 0.25) is 0 Å². The van der Waals surface area contributed by atoms with Crippen LogP contribution in [0.4, 0.5) is 0 Å². The van der Waals surface area contributed by atoms with Gasteiger partial charge in [-0.1, -0.05) is 67.6 Å². The van der Waals surface area contributed by atoms with E-state index < -0.39 is 0 Å². The Morgan fingerprint density at radius 1 is 0.615 bits per heavy atom. The van der Waals surface area contributed by atoms with Gasteiger partial charge in [0, 0.05) is 22.4 Å². The number of nitrogens with zero attached hydrogens (tertiary/aromatic N) is 1. The van der Waals surface area contributed by atoms with Crippen LogP contribution < -0.4 is 0 Å². The standard InChI is InChI=1S/C25H17N/c1-2-15-10-11-21-22(14-15)19-9-5-8-18-16-6-3-4-7-17(16)20-12-13-26-25(21)24(20)23(18)19/h3-14H,2H2,1H3. The van der Waals surface area contributed by atoms with E-state index in [4.69, 9.17) is 4.98 Å². The molecule has 0 spiro atoms. The van der Waals surface area contributed by atoms with E-state index in [-0.39, 0.29) is 0 Å². The molecule has 5 aromatic carbocycles. The Hall–Kier alpha value is -3.19. The van der Waals surface area contributed by atoms with Gasteiger partial charge in [-0.3, -0.25) is 4.98 Å². The van der Waals surface area contributed by atoms with Crippen LogP contribution in [0.1, 0.15) is 12.5 Å². The smallest absolute Gasteiger partial charge is 0.0793 e. The lowest BCUT2D eigenvalue weighted by Crippen LogP contribution is -1.92. The van der Waals surface area contributed by atoms with E-state index in [9.17, 15) is 0 Å². The predicted molar refractivity (Wildman–Crippen MR) is 112 cm³/mol. The topological polar surface area (TPSA) is 12.9 Å². The highest BCUT2D eigenvalue weighted by atomic mass is 14.7. The minimum Gasteiger partial charge on any atom is -0.256 e. The molecule has 122 valence electrons. The zero-order chi connectivity index (χ0) is 17.3. The van der Waals surface area contributed by atoms with Gasteiger partial charge >= 0.3 is 0 Å². The second kappa shape index (κ2) is 4.92. The van der Waals surface area contributed by atoms with Crippen LogP contribution in [0.25, 0.3) is 54.0 Å². The van der Waals surface area contributed by atoms with Crippen LogP contribution in [0, 0.1) is 0 Å². The maximum Gasteiger partial charge on any atom is 0.0793 e. The summed E-state index contributed by atoms with van der Waals surface area (Å²) in [5.41, 5.74) is 2.49. The first-order valence-electron chi connectivity index (χ1n) is 9.22. The summed E-state index contributed by atoms with van der Waals surface area (Å²) in [5, 5.41) is 11.8. The number of hydrogen-bond donors (Lipinski definition) is 0. The lowest BCUT2D eigenvalue weighted by atomic mass is 9.87. The van der Waals surface area contributed by atoms with Gasteiger partial charge in [-0.25, -0.2) is 0 Å². The Bertz CT molecular complexity index is 1460. The van der Waals surface area contributed by atoms with Crippen LogP contribution in [0.5, 0.6) is 0 Å². The predicted octanol–water partition coefficient (Wildman–Crippen LogP) is 6.85. The van der Waals surface area contributed by atoms with Gasteiger partial charge in [0.1, 0.15) is 0 Å². The summed E-state index contributed by atoms with van der Waals surface area (Å²) < 4.78 is 0. The van der Waals surface area contributed by atoms with E-state index in [1.54, 1.807) is 0 Å². The Labute approximate surface area is 151 Å². The summed E-state index contributed by atoms with van der Waals surface area (Å²) in [7, 11) is 0. The molecule has 6 rings (SSSR count). The second-order valence-electron chi connectivity index (χ2n) is 7.09. The van der Waals surface area contributed by atoms with Gasteiger partial charge in [-0.2, -0.15) is 0 Å². The van der Waals surface area contributed by atoms with Crippen molar-refractivity contribution in [3.05, 3.63) is 78.5 Å². The van der Waals surface area contributed by atoms with Crippen molar-refractivity contribution in [2.45, 2.75) is 13.3 Å². The number of aryl methyl sites for hydroxylation is 1. The number of pyridine rings is 1. The number of rotatable bonds is 1. The van der Waals surface area contributed by atoms with Crippen molar-refractivity contribution in [2.24, 2.45) is 0 Å². The van der Waals surface area contributed by atoms with Crippen LogP contribution in [-0.4, -0.2) is 4.98 Å². The molecule has 0 radical (unpaired) electrons. The lowest BCUT2D eigenvalue weighted by molar-refractivity contribution is 1.15. The van der Waals surface area contributed by atoms with E-state index in [0.29, 0.717) is 0 Å². The first-order chi connectivity index (χ1) is 12.9. The quantitative estimate of drug-likeness (QED) is 0.237. The highest BCUT2D eigenvalue weighted by Crippen LogP contribution is 2.43. The molecular weight excluding hydrogens is 314 g/mol. The number of aromatic nitrogens is 1. The van der Waals surface area contributed by atoms with Crippen molar-refractivity contribution >= 4 is 54.0 Å². The van der Waals surface area contributed by atoms with Gasteiger partial charge in [0.25, 0.3) is 0 Å². The van der Waals surface area contributed by atoms with E-state index in [0.717, 1.165) is 11.9 Å². The van der Waals surface area contributed by atoms with Gasteiger partial charge in [-0.05, 0) is 50.4 Å². The molecule has 6 aromatic rings. The zero-order valence-corrected chi connectivity index (χ0v) is 14.6. The highest BCUT2D eigenvalue weighted by Gasteiger charge is 2.17. The fraction of sp³-hybridized carbons (Fsp3) is 0.0800. The zero-order valence-electron chi connectivity index (χ0n) is 14.6. The molecule has 0 bridgehead atoms. The van der Waals surface area contributed by atoms with Gasteiger partial charge < -0.3 is 0 Å². The van der Waals surface area contributed by atoms with Crippen LogP contribution >= 0.6 is 0 Å². The minimum atomic E-state index is 1.05. The summed E-state index contributed by atoms with van der Waals surface area (Å²) in [5.74, 6) is 0. The van der Waals surface area contributed by atoms with Crippen molar-refractivity contribution in [1.29, 1.82) is 0 Å². The summed E-state index contributed by atoms with van der Waals surface area (Å²) >= 11 is 0. The summed E-state index contributed by atoms with van der Waals surface area (Å²) in [6, 6.07) is 24.5. The maximum absolute atomic E-state index is 4.82. The average Bonchev–Trinajstić information content (AvgIpc) is 2.72. The molecule has 0 saturated carbocycles. The van der Waals surface area contributed by atoms with Crippen LogP contribution in [-0.2, 0) is 6.42 Å². The summed E-state index contributed by atoms with van der Waals surface area (Å²) in [4.78, 5) is 4.82. The molecule has 0 aliphatic carbocycles. The van der Waals surface area contributed by atoms with Crippen LogP contribution in [0.15, 0.2) is 72.9 Å². The maximum atomic E-state index is 4.82. The van der Waals surface area contributed by atoms with E-state index in [2.05, 4.69) is 73.7 Å². The molecule has 0 amide bonds. The third-order valence-corrected chi connectivity index (χ3v) is 5.81. The first kappa shape index (κ1) is 14.0. The van der Waals surface area contributed by atoms with Crippen molar-refractivity contribution in [3.63, 3.8) is 0 Å². The summed E-state index contributed by atoms with van der Waals surface area (Å²) in [6.45, 7) is 2.21. The molecular formula is C25H17N. The Morgan fingerprint density at radius 2 is 1.31 bits per heavy atom. The number of hydrogen-bond acceptors (Lipinski definition) is 1. The Balaban J connectivity index is 2.06. The lowest BCUT2D eigenvalue weighted by Gasteiger charge is -2.17. The van der Waals surface area contributed by atoms with Crippen molar-refractivity contribution < 1.29 is 0 Å². The third kappa shape index (κ3) is 1.63. The van der Waals surface area contributed by atoms with Crippen molar-refractivity contribution in [1.82, 2.24) is 4.98 Å². The second-order valence-corrected chi connectivity index (χ2v) is 7.09. The molecule has 26 heavy (non-hydrogen) atoms. The third-order valence-electron chi connectivity index (χ3n) is 5.81. The average molecular weight is 331 g/mol. The monoisotopic (exact) mass is 331 g/mol. The molecule has 0 aliphatic rings. The van der Waals surface area contributed by atoms with Gasteiger partial charge in [0.15, 0.2) is 0 Å². The van der Waals surface area contributed by atoms with Crippen LogP contribution in [0.3, 0.4) is 0 Å². The molecule has 0 unspecified atom stereocenters. The fourth-order valence-electron chi connectivity index (χ4n) is 4.61. The highest BCUT2D eigenvalue weighted by molar-refractivity contribution is 6.39. The molecule has 0 atom stereocenters.